The number of amides is 1. The molecule has 17 heavy (non-hydrogen) atoms. The third-order valence-corrected chi connectivity index (χ3v) is 2.98. The van der Waals surface area contributed by atoms with E-state index in [1.54, 1.807) is 6.07 Å². The van der Waals surface area contributed by atoms with Crippen LogP contribution in [0.2, 0.25) is 0 Å². The number of benzene rings is 1. The Kier molecular flexibility index (Phi) is 5.08. The Hall–Kier alpha value is -0.940. The van der Waals surface area contributed by atoms with Crippen molar-refractivity contribution in [2.75, 3.05) is 5.32 Å². The third kappa shape index (κ3) is 4.44. The fraction of sp³-hybridized carbons (Fsp3) is 0.417. The second-order valence-corrected chi connectivity index (χ2v) is 5.20. The summed E-state index contributed by atoms with van der Waals surface area (Å²) < 4.78 is 14.1. The van der Waals surface area contributed by atoms with E-state index >= 15 is 0 Å². The van der Waals surface area contributed by atoms with Gasteiger partial charge in [0.15, 0.2) is 0 Å². The number of carbonyl (C=O) groups is 1. The first-order valence-corrected chi connectivity index (χ1v) is 6.20. The first-order valence-electron chi connectivity index (χ1n) is 5.40. The minimum atomic E-state index is -0.467. The molecular formula is C12H16BrFN2O. The number of halogens is 2. The van der Waals surface area contributed by atoms with Crippen LogP contribution in [0.3, 0.4) is 0 Å². The van der Waals surface area contributed by atoms with E-state index in [2.05, 4.69) is 21.2 Å². The molecule has 1 aromatic carbocycles. The first kappa shape index (κ1) is 14.1. The molecule has 0 aliphatic carbocycles. The van der Waals surface area contributed by atoms with Crippen LogP contribution < -0.4 is 11.1 Å². The van der Waals surface area contributed by atoms with Gasteiger partial charge in [-0.1, -0.05) is 29.8 Å². The van der Waals surface area contributed by atoms with E-state index in [0.717, 1.165) is 0 Å². The highest BCUT2D eigenvalue weighted by Gasteiger charge is 2.14. The van der Waals surface area contributed by atoms with Crippen molar-refractivity contribution in [3.05, 3.63) is 28.5 Å². The molecule has 1 aromatic rings. The SMILES string of the molecule is CC(C)C(N)CC(=O)Nc1ccc(Br)cc1F. The summed E-state index contributed by atoms with van der Waals surface area (Å²) in [5.74, 6) is -0.520. The number of carbonyl (C=O) groups excluding carboxylic acids is 1. The average Bonchev–Trinajstić information content (AvgIpc) is 2.22. The molecule has 0 aliphatic rings. The van der Waals surface area contributed by atoms with Crippen molar-refractivity contribution in [1.82, 2.24) is 0 Å². The summed E-state index contributed by atoms with van der Waals surface area (Å²) in [5.41, 5.74) is 5.95. The molecule has 94 valence electrons. The van der Waals surface area contributed by atoms with Gasteiger partial charge in [0.25, 0.3) is 0 Å². The zero-order valence-electron chi connectivity index (χ0n) is 9.84. The fourth-order valence-electron chi connectivity index (χ4n) is 1.24. The van der Waals surface area contributed by atoms with Crippen LogP contribution in [0, 0.1) is 11.7 Å². The molecule has 0 radical (unpaired) electrons. The van der Waals surface area contributed by atoms with Crippen LogP contribution >= 0.6 is 15.9 Å². The molecule has 1 unspecified atom stereocenters. The lowest BCUT2D eigenvalue weighted by Gasteiger charge is -2.15. The Labute approximate surface area is 109 Å². The standard InChI is InChI=1S/C12H16BrFN2O/c1-7(2)10(15)6-12(17)16-11-4-3-8(13)5-9(11)14/h3-5,7,10H,6,15H2,1-2H3,(H,16,17). The average molecular weight is 303 g/mol. The number of hydrogen-bond donors (Lipinski definition) is 2. The number of nitrogens with two attached hydrogens (primary N) is 1. The first-order chi connectivity index (χ1) is 7.90. The van der Waals surface area contributed by atoms with E-state index < -0.39 is 5.82 Å². The maximum absolute atomic E-state index is 13.4. The molecule has 0 spiro atoms. The molecule has 1 atom stereocenters. The summed E-state index contributed by atoms with van der Waals surface area (Å²) in [4.78, 5) is 11.6. The van der Waals surface area contributed by atoms with Gasteiger partial charge < -0.3 is 11.1 Å². The molecule has 3 nitrogen and oxygen atoms in total. The number of nitrogens with one attached hydrogen (secondary N) is 1. The van der Waals surface area contributed by atoms with Gasteiger partial charge >= 0.3 is 0 Å². The molecule has 0 aromatic heterocycles. The lowest BCUT2D eigenvalue weighted by molar-refractivity contribution is -0.116. The van der Waals surface area contributed by atoms with Crippen molar-refractivity contribution < 1.29 is 9.18 Å². The lowest BCUT2D eigenvalue weighted by Crippen LogP contribution is -2.31. The molecule has 0 bridgehead atoms. The number of anilines is 1. The van der Waals surface area contributed by atoms with Crippen molar-refractivity contribution in [3.8, 4) is 0 Å². The van der Waals surface area contributed by atoms with Gasteiger partial charge in [0, 0.05) is 16.9 Å². The van der Waals surface area contributed by atoms with E-state index in [0.29, 0.717) is 4.47 Å². The van der Waals surface area contributed by atoms with Crippen molar-refractivity contribution in [2.24, 2.45) is 11.7 Å². The highest BCUT2D eigenvalue weighted by molar-refractivity contribution is 9.10. The van der Waals surface area contributed by atoms with Crippen LogP contribution in [0.15, 0.2) is 22.7 Å². The van der Waals surface area contributed by atoms with Gasteiger partial charge in [0.2, 0.25) is 5.91 Å². The molecule has 0 aliphatic heterocycles. The van der Waals surface area contributed by atoms with E-state index in [4.69, 9.17) is 5.73 Å². The third-order valence-electron chi connectivity index (χ3n) is 2.48. The van der Waals surface area contributed by atoms with Gasteiger partial charge in [0.05, 0.1) is 5.69 Å². The van der Waals surface area contributed by atoms with Gasteiger partial charge in [-0.15, -0.1) is 0 Å². The number of rotatable bonds is 4. The molecule has 0 heterocycles. The summed E-state index contributed by atoms with van der Waals surface area (Å²) >= 11 is 3.15. The molecular weight excluding hydrogens is 287 g/mol. The zero-order chi connectivity index (χ0) is 13.0. The molecule has 1 amide bonds. The monoisotopic (exact) mass is 302 g/mol. The largest absolute Gasteiger partial charge is 0.327 e. The fourth-order valence-corrected chi connectivity index (χ4v) is 1.58. The van der Waals surface area contributed by atoms with Crippen LogP contribution in [-0.4, -0.2) is 11.9 Å². The van der Waals surface area contributed by atoms with Crippen molar-refractivity contribution in [1.29, 1.82) is 0 Å². The van der Waals surface area contributed by atoms with Gasteiger partial charge in [0.1, 0.15) is 5.82 Å². The molecule has 0 saturated heterocycles. The maximum atomic E-state index is 13.4. The molecule has 0 saturated carbocycles. The highest BCUT2D eigenvalue weighted by Crippen LogP contribution is 2.19. The van der Waals surface area contributed by atoms with Crippen LogP contribution in [0.25, 0.3) is 0 Å². The second-order valence-electron chi connectivity index (χ2n) is 4.28. The lowest BCUT2D eigenvalue weighted by atomic mass is 10.0. The molecule has 3 N–H and O–H groups in total. The van der Waals surface area contributed by atoms with Crippen LogP contribution in [-0.2, 0) is 4.79 Å². The Balaban J connectivity index is 2.62. The van der Waals surface area contributed by atoms with Crippen LogP contribution in [0.1, 0.15) is 20.3 Å². The predicted octanol–water partition coefficient (Wildman–Crippen LogP) is 2.90. The van der Waals surface area contributed by atoms with Crippen LogP contribution in [0.5, 0.6) is 0 Å². The quantitative estimate of drug-likeness (QED) is 0.898. The van der Waals surface area contributed by atoms with Crippen molar-refractivity contribution >= 4 is 27.5 Å². The van der Waals surface area contributed by atoms with E-state index in [1.165, 1.54) is 12.1 Å². The topological polar surface area (TPSA) is 55.1 Å². The van der Waals surface area contributed by atoms with Crippen LogP contribution in [0.4, 0.5) is 10.1 Å². The normalized spacial score (nSPS) is 12.6. The Morgan fingerprint density at radius 1 is 1.53 bits per heavy atom. The molecule has 0 fully saturated rings. The summed E-state index contributed by atoms with van der Waals surface area (Å²) in [6, 6.07) is 4.27. The Morgan fingerprint density at radius 3 is 2.71 bits per heavy atom. The summed E-state index contributed by atoms with van der Waals surface area (Å²) in [6.45, 7) is 3.89. The number of hydrogen-bond acceptors (Lipinski definition) is 2. The summed E-state index contributed by atoms with van der Waals surface area (Å²) in [7, 11) is 0. The minimum absolute atomic E-state index is 0.175. The van der Waals surface area contributed by atoms with Gasteiger partial charge in [-0.25, -0.2) is 4.39 Å². The van der Waals surface area contributed by atoms with Crippen molar-refractivity contribution in [3.63, 3.8) is 0 Å². The van der Waals surface area contributed by atoms with Gasteiger partial charge in [-0.3, -0.25) is 4.79 Å². The predicted molar refractivity (Wildman–Crippen MR) is 70.2 cm³/mol. The van der Waals surface area contributed by atoms with E-state index in [-0.39, 0.29) is 30.0 Å². The summed E-state index contributed by atoms with van der Waals surface area (Å²) in [6.07, 6.45) is 0.188. The molecule has 5 heteroatoms. The smallest absolute Gasteiger partial charge is 0.226 e. The second kappa shape index (κ2) is 6.12. The van der Waals surface area contributed by atoms with Crippen molar-refractivity contribution in [2.45, 2.75) is 26.3 Å². The zero-order valence-corrected chi connectivity index (χ0v) is 11.4. The Morgan fingerprint density at radius 2 is 2.18 bits per heavy atom. The van der Waals surface area contributed by atoms with Gasteiger partial charge in [-0.2, -0.15) is 0 Å². The van der Waals surface area contributed by atoms with E-state index in [1.807, 2.05) is 13.8 Å². The molecule has 1 rings (SSSR count). The highest BCUT2D eigenvalue weighted by atomic mass is 79.9. The maximum Gasteiger partial charge on any atom is 0.226 e. The Bertz CT molecular complexity index is 409. The minimum Gasteiger partial charge on any atom is -0.327 e. The summed E-state index contributed by atoms with van der Waals surface area (Å²) in [5, 5.41) is 2.51. The van der Waals surface area contributed by atoms with Gasteiger partial charge in [-0.05, 0) is 24.1 Å². The van der Waals surface area contributed by atoms with E-state index in [9.17, 15) is 9.18 Å².